The molecule has 3 N–H and O–H groups in total. The highest BCUT2D eigenvalue weighted by atomic mass is 16.5. The van der Waals surface area contributed by atoms with Gasteiger partial charge in [-0.3, -0.25) is 0 Å². The average molecular weight is 238 g/mol. The summed E-state index contributed by atoms with van der Waals surface area (Å²) in [4.78, 5) is 4.10. The molecule has 0 aliphatic heterocycles. The number of nitrogens with two attached hydrogens (primary N) is 1. The maximum Gasteiger partial charge on any atom is 0.213 e. The van der Waals surface area contributed by atoms with Gasteiger partial charge >= 0.3 is 0 Å². The van der Waals surface area contributed by atoms with Crippen LogP contribution in [-0.2, 0) is 5.41 Å². The quantitative estimate of drug-likeness (QED) is 0.796. The van der Waals surface area contributed by atoms with Crippen molar-refractivity contribution in [2.75, 3.05) is 20.8 Å². The lowest BCUT2D eigenvalue weighted by Crippen LogP contribution is -2.50. The molecule has 1 aromatic rings. The number of aliphatic hydroxyl groups excluding tert-OH is 1. The summed E-state index contributed by atoms with van der Waals surface area (Å²) < 4.78 is 10.4. The third kappa shape index (κ3) is 1.96. The Morgan fingerprint density at radius 2 is 2.18 bits per heavy atom. The first-order chi connectivity index (χ1) is 8.15. The van der Waals surface area contributed by atoms with Crippen molar-refractivity contribution in [3.8, 4) is 11.6 Å². The molecule has 1 aromatic heterocycles. The maximum atomic E-state index is 9.52. The van der Waals surface area contributed by atoms with Gasteiger partial charge in [0, 0.05) is 23.6 Å². The van der Waals surface area contributed by atoms with Crippen molar-refractivity contribution in [2.24, 2.45) is 5.73 Å². The van der Waals surface area contributed by atoms with Crippen LogP contribution < -0.4 is 15.2 Å². The van der Waals surface area contributed by atoms with E-state index >= 15 is 0 Å². The van der Waals surface area contributed by atoms with Crippen molar-refractivity contribution < 1.29 is 14.6 Å². The van der Waals surface area contributed by atoms with Crippen LogP contribution in [0.5, 0.6) is 11.6 Å². The lowest BCUT2D eigenvalue weighted by atomic mass is 9.62. The number of ether oxygens (including phenoxy) is 2. The van der Waals surface area contributed by atoms with E-state index < -0.39 is 0 Å². The molecule has 0 spiro atoms. The topological polar surface area (TPSA) is 77.6 Å². The summed E-state index contributed by atoms with van der Waals surface area (Å²) in [6.45, 7) is 0.480. The molecule has 1 fully saturated rings. The summed E-state index contributed by atoms with van der Waals surface area (Å²) in [6, 6.07) is 1.84. The number of aromatic nitrogens is 1. The van der Waals surface area contributed by atoms with Crippen LogP contribution in [0.1, 0.15) is 18.4 Å². The minimum atomic E-state index is -0.276. The van der Waals surface area contributed by atoms with E-state index in [1.165, 1.54) is 0 Å². The highest BCUT2D eigenvalue weighted by molar-refractivity contribution is 5.43. The van der Waals surface area contributed by atoms with Gasteiger partial charge in [-0.25, -0.2) is 4.98 Å². The second-order valence-corrected chi connectivity index (χ2v) is 4.47. The van der Waals surface area contributed by atoms with E-state index in [4.69, 9.17) is 15.2 Å². The standard InChI is InChI=1S/C12H18N2O3/c1-16-10-6-14-11(17-2)3-9(10)12(7-13)4-8(15)5-12/h3,6,8,15H,4-5,7,13H2,1-2H3. The molecular formula is C12H18N2O3. The van der Waals surface area contributed by atoms with E-state index in [9.17, 15) is 5.11 Å². The molecule has 0 aromatic carbocycles. The Balaban J connectivity index is 2.41. The van der Waals surface area contributed by atoms with Gasteiger partial charge in [-0.05, 0) is 12.8 Å². The van der Waals surface area contributed by atoms with E-state index in [2.05, 4.69) is 4.98 Å². The fourth-order valence-electron chi connectivity index (χ4n) is 2.45. The van der Waals surface area contributed by atoms with E-state index in [0.717, 1.165) is 5.56 Å². The van der Waals surface area contributed by atoms with Crippen molar-refractivity contribution in [1.29, 1.82) is 0 Å². The Labute approximate surface area is 101 Å². The van der Waals surface area contributed by atoms with Gasteiger partial charge in [0.15, 0.2) is 0 Å². The van der Waals surface area contributed by atoms with E-state index in [1.54, 1.807) is 20.4 Å². The average Bonchev–Trinajstić information content (AvgIpc) is 2.34. The van der Waals surface area contributed by atoms with Crippen LogP contribution in [0.4, 0.5) is 0 Å². The zero-order chi connectivity index (χ0) is 12.5. The van der Waals surface area contributed by atoms with Crippen molar-refractivity contribution in [2.45, 2.75) is 24.4 Å². The fraction of sp³-hybridized carbons (Fsp3) is 0.583. The van der Waals surface area contributed by atoms with Gasteiger partial charge in [0.05, 0.1) is 26.5 Å². The smallest absolute Gasteiger partial charge is 0.213 e. The summed E-state index contributed by atoms with van der Waals surface area (Å²) in [5.41, 5.74) is 6.61. The second kappa shape index (κ2) is 4.50. The Morgan fingerprint density at radius 1 is 1.47 bits per heavy atom. The number of rotatable bonds is 4. The van der Waals surface area contributed by atoms with Gasteiger partial charge in [-0.2, -0.15) is 0 Å². The highest BCUT2D eigenvalue weighted by Crippen LogP contribution is 2.47. The van der Waals surface area contributed by atoms with Gasteiger partial charge in [0.1, 0.15) is 5.75 Å². The lowest BCUT2D eigenvalue weighted by molar-refractivity contribution is 0.0209. The van der Waals surface area contributed by atoms with Crippen LogP contribution in [-0.4, -0.2) is 37.0 Å². The van der Waals surface area contributed by atoms with Gasteiger partial charge in [0.25, 0.3) is 0 Å². The first kappa shape index (κ1) is 12.1. The summed E-state index contributed by atoms with van der Waals surface area (Å²) in [5, 5.41) is 9.52. The molecule has 0 amide bonds. The molecule has 0 saturated heterocycles. The van der Waals surface area contributed by atoms with E-state index in [0.29, 0.717) is 31.0 Å². The normalized spacial score (nSPS) is 27.4. The lowest BCUT2D eigenvalue weighted by Gasteiger charge is -2.45. The fourth-order valence-corrected chi connectivity index (χ4v) is 2.45. The Kier molecular flexibility index (Phi) is 3.22. The van der Waals surface area contributed by atoms with Crippen molar-refractivity contribution >= 4 is 0 Å². The number of pyridine rings is 1. The van der Waals surface area contributed by atoms with Gasteiger partial charge in [-0.15, -0.1) is 0 Å². The molecule has 0 radical (unpaired) electrons. The first-order valence-electron chi connectivity index (χ1n) is 5.62. The predicted molar refractivity (Wildman–Crippen MR) is 63.3 cm³/mol. The molecule has 1 heterocycles. The molecule has 1 aliphatic rings. The summed E-state index contributed by atoms with van der Waals surface area (Å²) in [5.74, 6) is 1.23. The molecular weight excluding hydrogens is 220 g/mol. The SMILES string of the molecule is COc1cc(C2(CN)CC(O)C2)c(OC)cn1. The molecule has 94 valence electrons. The van der Waals surface area contributed by atoms with Crippen LogP contribution >= 0.6 is 0 Å². The highest BCUT2D eigenvalue weighted by Gasteiger charge is 2.45. The Morgan fingerprint density at radius 3 is 2.65 bits per heavy atom. The molecule has 0 bridgehead atoms. The van der Waals surface area contributed by atoms with Crippen LogP contribution in [0.3, 0.4) is 0 Å². The minimum absolute atomic E-state index is 0.207. The third-order valence-electron chi connectivity index (χ3n) is 3.49. The molecule has 0 atom stereocenters. The van der Waals surface area contributed by atoms with E-state index in [-0.39, 0.29) is 11.5 Å². The molecule has 5 nitrogen and oxygen atoms in total. The van der Waals surface area contributed by atoms with Crippen LogP contribution in [0, 0.1) is 0 Å². The van der Waals surface area contributed by atoms with Gasteiger partial charge in [-0.1, -0.05) is 0 Å². The summed E-state index contributed by atoms with van der Waals surface area (Å²) in [7, 11) is 3.18. The van der Waals surface area contributed by atoms with Gasteiger partial charge in [0.2, 0.25) is 5.88 Å². The molecule has 0 unspecified atom stereocenters. The molecule has 2 rings (SSSR count). The largest absolute Gasteiger partial charge is 0.495 e. The van der Waals surface area contributed by atoms with Crippen molar-refractivity contribution in [1.82, 2.24) is 4.98 Å². The molecule has 17 heavy (non-hydrogen) atoms. The predicted octanol–water partition coefficient (Wildman–Crippen LogP) is 0.450. The van der Waals surface area contributed by atoms with Crippen LogP contribution in [0.2, 0.25) is 0 Å². The van der Waals surface area contributed by atoms with Gasteiger partial charge < -0.3 is 20.3 Å². The monoisotopic (exact) mass is 238 g/mol. The molecule has 1 aliphatic carbocycles. The summed E-state index contributed by atoms with van der Waals surface area (Å²) >= 11 is 0. The third-order valence-corrected chi connectivity index (χ3v) is 3.49. The molecule has 1 saturated carbocycles. The number of hydrogen-bond acceptors (Lipinski definition) is 5. The van der Waals surface area contributed by atoms with E-state index in [1.807, 2.05) is 6.07 Å². The Bertz CT molecular complexity index is 403. The van der Waals surface area contributed by atoms with Crippen molar-refractivity contribution in [3.05, 3.63) is 17.8 Å². The van der Waals surface area contributed by atoms with Crippen molar-refractivity contribution in [3.63, 3.8) is 0 Å². The number of aliphatic hydroxyl groups is 1. The van der Waals surface area contributed by atoms with Crippen LogP contribution in [0.15, 0.2) is 12.3 Å². The zero-order valence-corrected chi connectivity index (χ0v) is 10.1. The number of nitrogens with zero attached hydrogens (tertiary/aromatic N) is 1. The Hall–Kier alpha value is -1.33. The van der Waals surface area contributed by atoms with Crippen LogP contribution in [0.25, 0.3) is 0 Å². The first-order valence-corrected chi connectivity index (χ1v) is 5.62. The minimum Gasteiger partial charge on any atom is -0.495 e. The maximum absolute atomic E-state index is 9.52. The zero-order valence-electron chi connectivity index (χ0n) is 10.1. The number of methoxy groups -OCH3 is 2. The molecule has 5 heteroatoms. The second-order valence-electron chi connectivity index (χ2n) is 4.47. The summed E-state index contributed by atoms with van der Waals surface area (Å²) in [6.07, 6.45) is 2.68. The number of hydrogen-bond donors (Lipinski definition) is 2.